The van der Waals surface area contributed by atoms with Gasteiger partial charge in [0, 0.05) is 17.8 Å². The third-order valence-corrected chi connectivity index (χ3v) is 4.69. The number of halogens is 7. The number of anilines is 1. The molecule has 0 heterocycles. The van der Waals surface area contributed by atoms with E-state index in [-0.39, 0.29) is 12.0 Å². The smallest absolute Gasteiger partial charge is 0.418 e. The van der Waals surface area contributed by atoms with Crippen LogP contribution in [0.4, 0.5) is 36.1 Å². The molecule has 4 rings (SSSR count). The zero-order valence-corrected chi connectivity index (χ0v) is 16.0. The second-order valence-electron chi connectivity index (χ2n) is 6.90. The van der Waals surface area contributed by atoms with Crippen molar-refractivity contribution < 1.29 is 30.4 Å². The van der Waals surface area contributed by atoms with Gasteiger partial charge in [-0.1, -0.05) is 30.3 Å². The molecule has 0 saturated heterocycles. The number of alkyl halides is 3. The van der Waals surface area contributed by atoms with Gasteiger partial charge in [-0.3, -0.25) is 0 Å². The molecule has 0 aliphatic heterocycles. The van der Waals surface area contributed by atoms with Crippen molar-refractivity contribution >= 4 is 12.9 Å². The van der Waals surface area contributed by atoms with E-state index < -0.39 is 19.0 Å². The van der Waals surface area contributed by atoms with Gasteiger partial charge in [-0.15, -0.1) is 0 Å². The van der Waals surface area contributed by atoms with Crippen molar-refractivity contribution in [1.82, 2.24) is 0 Å². The van der Waals surface area contributed by atoms with E-state index in [4.69, 9.17) is 0 Å². The molecule has 1 aliphatic carbocycles. The summed E-state index contributed by atoms with van der Waals surface area (Å²) < 4.78 is 77.2. The molecule has 0 spiro atoms. The maximum absolute atomic E-state index is 12.7. The number of hydrogen-bond donors (Lipinski definition) is 1. The lowest BCUT2D eigenvalue weighted by Crippen LogP contribution is -2.08. The second-order valence-corrected chi connectivity index (χ2v) is 6.90. The van der Waals surface area contributed by atoms with Crippen LogP contribution >= 0.6 is 0 Å². The van der Waals surface area contributed by atoms with E-state index in [0.29, 0.717) is 5.69 Å². The van der Waals surface area contributed by atoms with Crippen molar-refractivity contribution in [3.8, 4) is 0 Å². The highest BCUT2D eigenvalue weighted by molar-refractivity contribution is 6.50. The molecule has 0 bridgehead atoms. The Morgan fingerprint density at radius 3 is 1.68 bits per heavy atom. The minimum Gasteiger partial charge on any atom is -0.418 e. The highest BCUT2D eigenvalue weighted by atomic mass is 19.5. The summed E-state index contributed by atoms with van der Waals surface area (Å²) in [6.45, 7) is 0. The third kappa shape index (κ3) is 6.44. The Balaban J connectivity index is 0.000000491. The molecule has 1 nitrogen and oxygen atoms in total. The molecule has 9 heteroatoms. The Morgan fingerprint density at radius 1 is 0.710 bits per heavy atom. The van der Waals surface area contributed by atoms with Gasteiger partial charge in [-0.05, 0) is 48.0 Å². The van der Waals surface area contributed by atoms with Crippen LogP contribution in [0.2, 0.25) is 0 Å². The van der Waals surface area contributed by atoms with Crippen LogP contribution in [0.5, 0.6) is 0 Å². The van der Waals surface area contributed by atoms with Gasteiger partial charge in [0.1, 0.15) is 11.6 Å². The van der Waals surface area contributed by atoms with Crippen molar-refractivity contribution in [2.75, 3.05) is 5.32 Å². The molecular formula is C22H17BF7N. The average molecular weight is 439 g/mol. The van der Waals surface area contributed by atoms with Gasteiger partial charge in [0.2, 0.25) is 0 Å². The maximum atomic E-state index is 12.7. The quantitative estimate of drug-likeness (QED) is 0.258. The van der Waals surface area contributed by atoms with E-state index in [1.165, 1.54) is 23.6 Å². The molecule has 1 saturated carbocycles. The average Bonchev–Trinajstić information content (AvgIpc) is 3.41. The normalized spacial score (nSPS) is 18.1. The lowest BCUT2D eigenvalue weighted by molar-refractivity contribution is -0.137. The van der Waals surface area contributed by atoms with Crippen molar-refractivity contribution in [2.45, 2.75) is 18.1 Å². The molecule has 0 aromatic heterocycles. The monoisotopic (exact) mass is 439 g/mol. The van der Waals surface area contributed by atoms with Crippen LogP contribution in [0.1, 0.15) is 22.6 Å². The summed E-state index contributed by atoms with van der Waals surface area (Å²) in [5, 5.41) is 3.39. The molecule has 0 radical (unpaired) electrons. The first-order chi connectivity index (χ1) is 14.5. The van der Waals surface area contributed by atoms with Crippen molar-refractivity contribution in [2.24, 2.45) is 0 Å². The molecule has 162 valence electrons. The van der Waals surface area contributed by atoms with E-state index in [9.17, 15) is 30.4 Å². The predicted octanol–water partition coefficient (Wildman–Crippen LogP) is 7.21. The van der Waals surface area contributed by atoms with E-state index >= 15 is 0 Å². The first kappa shape index (κ1) is 22.6. The van der Waals surface area contributed by atoms with Crippen LogP contribution in [0.3, 0.4) is 0 Å². The minimum atomic E-state index is -6.00. The Kier molecular flexibility index (Phi) is 6.52. The fraction of sp³-hybridized carbons (Fsp3) is 0.136. The van der Waals surface area contributed by atoms with Crippen LogP contribution in [0, 0.1) is 5.92 Å². The third-order valence-electron chi connectivity index (χ3n) is 4.69. The number of rotatable bonds is 4. The fourth-order valence-electron chi connectivity index (χ4n) is 3.38. The van der Waals surface area contributed by atoms with Crippen molar-refractivity contribution in [3.05, 3.63) is 108 Å². The summed E-state index contributed by atoms with van der Waals surface area (Å²) in [5.74, 6) is 1.48. The summed E-state index contributed by atoms with van der Waals surface area (Å²) >= 11 is 0. The highest BCUT2D eigenvalue weighted by Crippen LogP contribution is 2.55. The molecule has 2 unspecified atom stereocenters. The molecule has 3 aromatic rings. The Morgan fingerprint density at radius 2 is 1.19 bits per heavy atom. The zero-order chi connectivity index (χ0) is 22.6. The van der Waals surface area contributed by atoms with Crippen LogP contribution in [-0.2, 0) is 6.18 Å². The van der Waals surface area contributed by atoms with Gasteiger partial charge in [-0.25, -0.2) is 0 Å². The molecule has 1 N–H and O–H groups in total. The highest BCUT2D eigenvalue weighted by Gasteiger charge is 2.58. The van der Waals surface area contributed by atoms with Crippen LogP contribution in [-0.4, -0.2) is 13.3 Å². The molecule has 1 aliphatic rings. The van der Waals surface area contributed by atoms with Gasteiger partial charge in [0.25, 0.3) is 0 Å². The molecule has 3 aromatic carbocycles. The van der Waals surface area contributed by atoms with Gasteiger partial charge < -0.3 is 22.6 Å². The van der Waals surface area contributed by atoms with Gasteiger partial charge >= 0.3 is 13.4 Å². The Hall–Kier alpha value is -3.10. The zero-order valence-electron chi connectivity index (χ0n) is 16.0. The summed E-state index contributed by atoms with van der Waals surface area (Å²) in [4.78, 5) is 0. The lowest BCUT2D eigenvalue weighted by atomic mass is 10.0. The summed E-state index contributed by atoms with van der Waals surface area (Å²) in [7, 11) is -6.00. The van der Waals surface area contributed by atoms with Crippen molar-refractivity contribution in [1.29, 1.82) is 0 Å². The van der Waals surface area contributed by atoms with E-state index in [1.807, 2.05) is 36.4 Å². The largest absolute Gasteiger partial charge is 0.673 e. The number of benzene rings is 3. The van der Waals surface area contributed by atoms with Crippen LogP contribution < -0.4 is 5.32 Å². The Labute approximate surface area is 175 Å². The Bertz CT molecular complexity index is 906. The molecule has 0 amide bonds. The molecular weight excluding hydrogens is 422 g/mol. The first-order valence-electron chi connectivity index (χ1n) is 9.32. The summed E-state index contributed by atoms with van der Waals surface area (Å²) in [6, 6.07) is 25.6. The summed E-state index contributed by atoms with van der Waals surface area (Å²) in [5.41, 5.74) is 2.42. The molecule has 2 atom stereocenters. The van der Waals surface area contributed by atoms with Gasteiger partial charge in [-0.2, -0.15) is 13.2 Å². The summed E-state index contributed by atoms with van der Waals surface area (Å²) in [6.07, 6.45) is -4.31. The van der Waals surface area contributed by atoms with E-state index in [0.717, 1.165) is 17.7 Å². The molecule has 1 fully saturated rings. The van der Waals surface area contributed by atoms with Crippen LogP contribution in [0.15, 0.2) is 84.9 Å². The van der Waals surface area contributed by atoms with E-state index in [2.05, 4.69) is 29.6 Å². The number of nitrogens with one attached hydrogen (secondary N) is 1. The second kappa shape index (κ2) is 8.95. The van der Waals surface area contributed by atoms with Gasteiger partial charge in [0.05, 0.1) is 17.4 Å². The number of hydrogen-bond acceptors (Lipinski definition) is 1. The molecule has 31 heavy (non-hydrogen) atoms. The minimum absolute atomic E-state index is 0.0801. The van der Waals surface area contributed by atoms with Crippen LogP contribution in [0.25, 0.3) is 0 Å². The predicted molar refractivity (Wildman–Crippen MR) is 107 cm³/mol. The van der Waals surface area contributed by atoms with Crippen molar-refractivity contribution in [3.63, 3.8) is 0 Å². The van der Waals surface area contributed by atoms with E-state index in [1.54, 1.807) is 0 Å². The van der Waals surface area contributed by atoms with Gasteiger partial charge in [0.15, 0.2) is 0 Å². The maximum Gasteiger partial charge on any atom is 0.673 e. The SMILES string of the molecule is FC(F)(F)c1ccc(NC2[C+](c3ccccc3)C2c2ccccc2)cc1.F[B-](F)(F)F. The first-order valence-corrected chi connectivity index (χ1v) is 9.32. The lowest BCUT2D eigenvalue weighted by Gasteiger charge is -2.08. The topological polar surface area (TPSA) is 12.0 Å². The standard InChI is InChI=1S/C22H17F3N.BF4/c23-22(24,25)17-11-13-18(14-12-17)26-21-19(15-7-3-1-4-8-15)20(21)16-9-5-2-6-10-16;2-1(3,4)5/h1-14,19,21,26H;/q+1;-1. The fourth-order valence-corrected chi connectivity index (χ4v) is 3.38.